The van der Waals surface area contributed by atoms with E-state index < -0.39 is 17.2 Å². The van der Waals surface area contributed by atoms with Crippen molar-refractivity contribution in [2.24, 2.45) is 0 Å². The summed E-state index contributed by atoms with van der Waals surface area (Å²) in [5.41, 5.74) is -0.157. The molecule has 0 radical (unpaired) electrons. The molecule has 0 bridgehead atoms. The van der Waals surface area contributed by atoms with E-state index >= 15 is 0 Å². The van der Waals surface area contributed by atoms with Gasteiger partial charge >= 0.3 is 5.97 Å². The molecule has 0 unspecified atom stereocenters. The van der Waals surface area contributed by atoms with Crippen LogP contribution in [0.5, 0.6) is 0 Å². The molecule has 2 heterocycles. The SMILES string of the molecule is O=C(O)c1cn(C2CC2)c2c(Cl)c([C@H]3CCNC3)c(F)cc2c1=O. The first-order valence-corrected chi connectivity index (χ1v) is 8.37. The van der Waals surface area contributed by atoms with Gasteiger partial charge in [0.05, 0.1) is 15.9 Å². The number of rotatable bonds is 3. The molecule has 2 fully saturated rings. The highest BCUT2D eigenvalue weighted by molar-refractivity contribution is 6.36. The normalized spacial score (nSPS) is 20.7. The third-order valence-electron chi connectivity index (χ3n) is 4.88. The molecule has 1 aliphatic carbocycles. The van der Waals surface area contributed by atoms with Crippen LogP contribution in [0.4, 0.5) is 4.39 Å². The maximum atomic E-state index is 14.7. The van der Waals surface area contributed by atoms with Crippen molar-refractivity contribution in [1.29, 1.82) is 0 Å². The second-order valence-electron chi connectivity index (χ2n) is 6.49. The summed E-state index contributed by atoms with van der Waals surface area (Å²) in [6.45, 7) is 1.44. The minimum Gasteiger partial charge on any atom is -0.477 e. The smallest absolute Gasteiger partial charge is 0.341 e. The highest BCUT2D eigenvalue weighted by Gasteiger charge is 2.31. The number of aromatic nitrogens is 1. The molecule has 1 atom stereocenters. The minimum absolute atomic E-state index is 0.0381. The predicted molar refractivity (Wildman–Crippen MR) is 88.6 cm³/mol. The van der Waals surface area contributed by atoms with Crippen LogP contribution in [0.3, 0.4) is 0 Å². The van der Waals surface area contributed by atoms with E-state index in [1.54, 1.807) is 4.57 Å². The Morgan fingerprint density at radius 2 is 2.12 bits per heavy atom. The lowest BCUT2D eigenvalue weighted by molar-refractivity contribution is 0.0695. The van der Waals surface area contributed by atoms with Crippen molar-refractivity contribution in [3.05, 3.63) is 44.5 Å². The number of pyridine rings is 1. The second-order valence-corrected chi connectivity index (χ2v) is 6.87. The lowest BCUT2D eigenvalue weighted by Crippen LogP contribution is -2.20. The zero-order valence-electron chi connectivity index (χ0n) is 12.8. The first-order valence-electron chi connectivity index (χ1n) is 7.99. The number of aromatic carboxylic acids is 1. The van der Waals surface area contributed by atoms with E-state index in [0.29, 0.717) is 17.6 Å². The van der Waals surface area contributed by atoms with Gasteiger partial charge in [-0.05, 0) is 31.9 Å². The van der Waals surface area contributed by atoms with Crippen molar-refractivity contribution >= 4 is 28.5 Å². The molecule has 1 aromatic carbocycles. The van der Waals surface area contributed by atoms with Crippen LogP contribution in [0, 0.1) is 5.82 Å². The molecule has 5 nitrogen and oxygen atoms in total. The summed E-state index contributed by atoms with van der Waals surface area (Å²) < 4.78 is 16.4. The second kappa shape index (κ2) is 5.57. The van der Waals surface area contributed by atoms with Crippen LogP contribution in [0.15, 0.2) is 17.1 Å². The molecule has 0 spiro atoms. The monoisotopic (exact) mass is 350 g/mol. The Morgan fingerprint density at radius 3 is 2.71 bits per heavy atom. The summed E-state index contributed by atoms with van der Waals surface area (Å²) in [6.07, 6.45) is 3.92. The Labute approximate surface area is 142 Å². The van der Waals surface area contributed by atoms with Crippen molar-refractivity contribution < 1.29 is 14.3 Å². The molecule has 2 aliphatic rings. The molecular weight excluding hydrogens is 335 g/mol. The van der Waals surface area contributed by atoms with E-state index in [-0.39, 0.29) is 27.9 Å². The lowest BCUT2D eigenvalue weighted by atomic mass is 9.95. The van der Waals surface area contributed by atoms with Crippen LogP contribution >= 0.6 is 11.6 Å². The number of fused-ring (bicyclic) bond motifs is 1. The van der Waals surface area contributed by atoms with Gasteiger partial charge in [-0.3, -0.25) is 4.79 Å². The highest BCUT2D eigenvalue weighted by Crippen LogP contribution is 2.41. The molecule has 1 aliphatic heterocycles. The van der Waals surface area contributed by atoms with Gasteiger partial charge in [0.15, 0.2) is 0 Å². The molecule has 1 saturated carbocycles. The number of halogens is 2. The Bertz CT molecular complexity index is 914. The van der Waals surface area contributed by atoms with E-state index in [9.17, 15) is 19.1 Å². The van der Waals surface area contributed by atoms with E-state index in [4.69, 9.17) is 11.6 Å². The number of benzene rings is 1. The van der Waals surface area contributed by atoms with E-state index in [2.05, 4.69) is 5.32 Å². The van der Waals surface area contributed by atoms with Gasteiger partial charge in [-0.2, -0.15) is 0 Å². The summed E-state index contributed by atoms with van der Waals surface area (Å²) in [4.78, 5) is 23.8. The number of carboxylic acid groups (broad SMARTS) is 1. The van der Waals surface area contributed by atoms with Crippen LogP contribution in [-0.2, 0) is 0 Å². The van der Waals surface area contributed by atoms with Crippen molar-refractivity contribution in [1.82, 2.24) is 9.88 Å². The van der Waals surface area contributed by atoms with E-state index in [0.717, 1.165) is 31.9 Å². The van der Waals surface area contributed by atoms with Crippen molar-refractivity contribution in [3.63, 3.8) is 0 Å². The van der Waals surface area contributed by atoms with Crippen LogP contribution < -0.4 is 10.7 Å². The van der Waals surface area contributed by atoms with Gasteiger partial charge in [-0.15, -0.1) is 0 Å². The molecule has 7 heteroatoms. The first-order chi connectivity index (χ1) is 11.5. The van der Waals surface area contributed by atoms with Gasteiger partial charge in [0.1, 0.15) is 11.4 Å². The standard InChI is InChI=1S/C17H16ClFN2O3/c18-14-13(8-3-4-20-6-8)12(19)5-10-15(14)21(9-1-2-9)7-11(16(10)22)17(23)24/h5,7-9,20H,1-4,6H2,(H,23,24)/t8-/m0/s1. The fourth-order valence-electron chi connectivity index (χ4n) is 3.52. The quantitative estimate of drug-likeness (QED) is 0.893. The summed E-state index contributed by atoms with van der Waals surface area (Å²) in [5, 5.41) is 12.7. The maximum Gasteiger partial charge on any atom is 0.341 e. The van der Waals surface area contributed by atoms with Gasteiger partial charge in [0.2, 0.25) is 5.43 Å². The fourth-order valence-corrected chi connectivity index (χ4v) is 3.97. The largest absolute Gasteiger partial charge is 0.477 e. The topological polar surface area (TPSA) is 71.3 Å². The van der Waals surface area contributed by atoms with Gasteiger partial charge < -0.3 is 15.0 Å². The minimum atomic E-state index is -1.31. The Balaban J connectivity index is 2.07. The molecule has 4 rings (SSSR count). The Hall–Kier alpha value is -1.92. The van der Waals surface area contributed by atoms with E-state index in [1.807, 2.05) is 0 Å². The number of hydrogen-bond donors (Lipinski definition) is 2. The molecule has 2 N–H and O–H groups in total. The summed E-state index contributed by atoms with van der Waals surface area (Å²) >= 11 is 6.53. The molecule has 0 amide bonds. The molecule has 2 aromatic rings. The molecule has 126 valence electrons. The van der Waals surface area contributed by atoms with E-state index in [1.165, 1.54) is 6.20 Å². The van der Waals surface area contributed by atoms with Crippen LogP contribution in [0.2, 0.25) is 5.02 Å². The summed E-state index contributed by atoms with van der Waals surface area (Å²) in [5.74, 6) is -1.89. The fraction of sp³-hybridized carbons (Fsp3) is 0.412. The van der Waals surface area contributed by atoms with Crippen LogP contribution in [0.1, 0.15) is 47.1 Å². The number of nitrogens with zero attached hydrogens (tertiary/aromatic N) is 1. The zero-order valence-corrected chi connectivity index (χ0v) is 13.6. The number of carbonyl (C=O) groups is 1. The van der Waals surface area contributed by atoms with Crippen molar-refractivity contribution in [2.45, 2.75) is 31.2 Å². The average Bonchev–Trinajstić information content (AvgIpc) is 3.24. The van der Waals surface area contributed by atoms with Gasteiger partial charge in [0, 0.05) is 30.3 Å². The van der Waals surface area contributed by atoms with Crippen LogP contribution in [0.25, 0.3) is 10.9 Å². The van der Waals surface area contributed by atoms with Gasteiger partial charge in [-0.1, -0.05) is 11.6 Å². The molecule has 24 heavy (non-hydrogen) atoms. The first kappa shape index (κ1) is 15.6. The number of nitrogens with one attached hydrogen (secondary N) is 1. The zero-order chi connectivity index (χ0) is 17.0. The number of carboxylic acids is 1. The Morgan fingerprint density at radius 1 is 1.38 bits per heavy atom. The third-order valence-corrected chi connectivity index (χ3v) is 5.27. The molecule has 1 saturated heterocycles. The summed E-state index contributed by atoms with van der Waals surface area (Å²) in [7, 11) is 0. The summed E-state index contributed by atoms with van der Waals surface area (Å²) in [6, 6.07) is 1.27. The highest BCUT2D eigenvalue weighted by atomic mass is 35.5. The molecular formula is C17H16ClFN2O3. The van der Waals surface area contributed by atoms with Gasteiger partial charge in [0.25, 0.3) is 0 Å². The van der Waals surface area contributed by atoms with Gasteiger partial charge in [-0.25, -0.2) is 9.18 Å². The molecule has 1 aromatic heterocycles. The predicted octanol–water partition coefficient (Wildman–Crippen LogP) is 2.90. The Kier molecular flexibility index (Phi) is 3.62. The van der Waals surface area contributed by atoms with Crippen LogP contribution in [-0.4, -0.2) is 28.7 Å². The third kappa shape index (κ3) is 2.32. The maximum absolute atomic E-state index is 14.7. The lowest BCUT2D eigenvalue weighted by Gasteiger charge is -2.18. The van der Waals surface area contributed by atoms with Crippen molar-refractivity contribution in [3.8, 4) is 0 Å². The average molecular weight is 351 g/mol. The number of hydrogen-bond acceptors (Lipinski definition) is 3. The van der Waals surface area contributed by atoms with Crippen molar-refractivity contribution in [2.75, 3.05) is 13.1 Å².